The van der Waals surface area contributed by atoms with Crippen LogP contribution in [-0.2, 0) is 4.79 Å². The van der Waals surface area contributed by atoms with Crippen molar-refractivity contribution in [2.24, 2.45) is 0 Å². The highest BCUT2D eigenvalue weighted by atomic mass is 19.4. The van der Waals surface area contributed by atoms with Crippen LogP contribution in [0.4, 0.5) is 24.5 Å². The highest BCUT2D eigenvalue weighted by molar-refractivity contribution is 6.10. The first-order chi connectivity index (χ1) is 15.2. The molecule has 0 saturated carbocycles. The number of para-hydroxylation sites is 1. The Hall–Kier alpha value is -4.01. The van der Waals surface area contributed by atoms with Gasteiger partial charge in [0.1, 0.15) is 18.0 Å². The van der Waals surface area contributed by atoms with Crippen LogP contribution in [0.5, 0.6) is 11.5 Å². The molecule has 0 aliphatic heterocycles. The van der Waals surface area contributed by atoms with Crippen LogP contribution in [-0.4, -0.2) is 31.8 Å². The summed E-state index contributed by atoms with van der Waals surface area (Å²) < 4.78 is 46.3. The smallest absolute Gasteiger partial charge is 0.497 e. The number of methoxy groups -OCH3 is 1. The van der Waals surface area contributed by atoms with Crippen LogP contribution < -0.4 is 19.7 Å². The second kappa shape index (κ2) is 9.86. The fourth-order valence-electron chi connectivity index (χ4n) is 2.89. The number of amides is 2. The van der Waals surface area contributed by atoms with Crippen molar-refractivity contribution in [2.45, 2.75) is 6.36 Å². The number of benzene rings is 3. The summed E-state index contributed by atoms with van der Waals surface area (Å²) in [5, 5.41) is 2.49. The number of anilines is 2. The Balaban J connectivity index is 1.78. The average Bonchev–Trinajstić information content (AvgIpc) is 2.77. The van der Waals surface area contributed by atoms with Gasteiger partial charge in [0.15, 0.2) is 0 Å². The molecule has 0 unspecified atom stereocenters. The highest BCUT2D eigenvalue weighted by Gasteiger charge is 2.31. The average molecular weight is 444 g/mol. The number of carbonyl (C=O) groups excluding carboxylic acids is 2. The van der Waals surface area contributed by atoms with Crippen LogP contribution in [0, 0.1) is 0 Å². The van der Waals surface area contributed by atoms with Gasteiger partial charge in [-0.15, -0.1) is 13.2 Å². The fourth-order valence-corrected chi connectivity index (χ4v) is 2.89. The number of rotatable bonds is 7. The fraction of sp³-hybridized carbons (Fsp3) is 0.130. The third-order valence-corrected chi connectivity index (χ3v) is 4.30. The van der Waals surface area contributed by atoms with Crippen LogP contribution in [0.15, 0.2) is 78.9 Å². The van der Waals surface area contributed by atoms with Crippen molar-refractivity contribution in [3.63, 3.8) is 0 Å². The van der Waals surface area contributed by atoms with E-state index in [0.29, 0.717) is 17.0 Å². The summed E-state index contributed by atoms with van der Waals surface area (Å²) in [4.78, 5) is 27.0. The summed E-state index contributed by atoms with van der Waals surface area (Å²) in [7, 11) is 1.51. The van der Waals surface area contributed by atoms with E-state index in [2.05, 4.69) is 10.1 Å². The Morgan fingerprint density at radius 3 is 2.22 bits per heavy atom. The number of hydrogen-bond acceptors (Lipinski definition) is 4. The summed E-state index contributed by atoms with van der Waals surface area (Å²) in [6, 6.07) is 19.9. The molecule has 0 spiro atoms. The van der Waals surface area contributed by atoms with Gasteiger partial charge in [-0.25, -0.2) is 0 Å². The number of nitrogens with zero attached hydrogens (tertiary/aromatic N) is 1. The van der Waals surface area contributed by atoms with Gasteiger partial charge in [0.25, 0.3) is 5.91 Å². The molecular weight excluding hydrogens is 425 g/mol. The maximum atomic E-state index is 13.1. The van der Waals surface area contributed by atoms with Gasteiger partial charge in [-0.2, -0.15) is 0 Å². The van der Waals surface area contributed by atoms with Gasteiger partial charge in [-0.1, -0.05) is 24.3 Å². The molecule has 0 aliphatic rings. The molecule has 0 heterocycles. The first kappa shape index (κ1) is 22.7. The predicted octanol–water partition coefficient (Wildman–Crippen LogP) is 4.88. The van der Waals surface area contributed by atoms with Crippen LogP contribution in [0.3, 0.4) is 0 Å². The van der Waals surface area contributed by atoms with Gasteiger partial charge >= 0.3 is 6.36 Å². The van der Waals surface area contributed by atoms with E-state index in [1.54, 1.807) is 54.6 Å². The lowest BCUT2D eigenvalue weighted by Crippen LogP contribution is -2.38. The van der Waals surface area contributed by atoms with Crippen molar-refractivity contribution >= 4 is 23.2 Å². The topological polar surface area (TPSA) is 67.9 Å². The van der Waals surface area contributed by atoms with Gasteiger partial charge in [0.05, 0.1) is 7.11 Å². The zero-order chi connectivity index (χ0) is 23.1. The molecule has 0 aliphatic carbocycles. The number of carbonyl (C=O) groups is 2. The van der Waals surface area contributed by atoms with Crippen molar-refractivity contribution in [3.05, 3.63) is 84.4 Å². The molecule has 3 aromatic rings. The molecule has 3 rings (SSSR count). The largest absolute Gasteiger partial charge is 0.573 e. The van der Waals surface area contributed by atoms with Gasteiger partial charge in [-0.3, -0.25) is 14.5 Å². The van der Waals surface area contributed by atoms with Crippen LogP contribution in [0.1, 0.15) is 10.4 Å². The molecule has 0 atom stereocenters. The minimum absolute atomic E-state index is 0.0988. The predicted molar refractivity (Wildman–Crippen MR) is 113 cm³/mol. The van der Waals surface area contributed by atoms with Gasteiger partial charge < -0.3 is 14.8 Å². The zero-order valence-corrected chi connectivity index (χ0v) is 16.9. The molecule has 0 saturated heterocycles. The summed E-state index contributed by atoms with van der Waals surface area (Å²) in [6.07, 6.45) is -4.85. The van der Waals surface area contributed by atoms with E-state index in [1.807, 2.05) is 0 Å². The first-order valence-electron chi connectivity index (χ1n) is 9.42. The Morgan fingerprint density at radius 2 is 1.59 bits per heavy atom. The summed E-state index contributed by atoms with van der Waals surface area (Å²) >= 11 is 0. The van der Waals surface area contributed by atoms with Gasteiger partial charge in [0, 0.05) is 23.0 Å². The molecule has 1 N–H and O–H groups in total. The molecule has 0 bridgehead atoms. The van der Waals surface area contributed by atoms with Crippen molar-refractivity contribution in [3.8, 4) is 11.5 Å². The normalized spacial score (nSPS) is 10.9. The van der Waals surface area contributed by atoms with E-state index in [4.69, 9.17) is 4.74 Å². The van der Waals surface area contributed by atoms with E-state index < -0.39 is 23.9 Å². The van der Waals surface area contributed by atoms with Crippen molar-refractivity contribution in [1.82, 2.24) is 0 Å². The number of halogens is 3. The molecule has 166 valence electrons. The molecule has 9 heteroatoms. The molecule has 0 fully saturated rings. The lowest BCUT2D eigenvalue weighted by molar-refractivity contribution is -0.274. The first-order valence-corrected chi connectivity index (χ1v) is 9.42. The maximum absolute atomic E-state index is 13.1. The Bertz CT molecular complexity index is 1070. The third-order valence-electron chi connectivity index (χ3n) is 4.30. The molecule has 0 radical (unpaired) electrons. The summed E-state index contributed by atoms with van der Waals surface area (Å²) in [5.74, 6) is -0.918. The highest BCUT2D eigenvalue weighted by Crippen LogP contribution is 2.25. The van der Waals surface area contributed by atoms with E-state index in [1.165, 1.54) is 24.1 Å². The zero-order valence-electron chi connectivity index (χ0n) is 16.9. The Morgan fingerprint density at radius 1 is 0.906 bits per heavy atom. The van der Waals surface area contributed by atoms with Crippen molar-refractivity contribution < 1.29 is 32.2 Å². The standard InChI is InChI=1S/C23H19F3N2O4/c1-31-19-12-10-16(11-13-19)22(30)28(18-7-3-2-4-8-18)15-21(29)27-17-6-5-9-20(14-17)32-23(24,25)26/h2-14H,15H2,1H3,(H,27,29). The summed E-state index contributed by atoms with van der Waals surface area (Å²) in [5.41, 5.74) is 0.919. The van der Waals surface area contributed by atoms with E-state index in [-0.39, 0.29) is 12.2 Å². The molecule has 2 amide bonds. The maximum Gasteiger partial charge on any atom is 0.573 e. The molecule has 6 nitrogen and oxygen atoms in total. The van der Waals surface area contributed by atoms with E-state index >= 15 is 0 Å². The Kier molecular flexibility index (Phi) is 6.99. The monoisotopic (exact) mass is 444 g/mol. The number of ether oxygens (including phenoxy) is 2. The number of nitrogens with one attached hydrogen (secondary N) is 1. The van der Waals surface area contributed by atoms with Crippen LogP contribution in [0.2, 0.25) is 0 Å². The van der Waals surface area contributed by atoms with E-state index in [0.717, 1.165) is 12.1 Å². The van der Waals surface area contributed by atoms with Crippen molar-refractivity contribution in [2.75, 3.05) is 23.9 Å². The van der Waals surface area contributed by atoms with Crippen LogP contribution >= 0.6 is 0 Å². The second-order valence-electron chi connectivity index (χ2n) is 6.58. The number of alkyl halides is 3. The summed E-state index contributed by atoms with van der Waals surface area (Å²) in [6.45, 7) is -0.362. The molecule has 0 aromatic heterocycles. The Labute approximate surface area is 182 Å². The van der Waals surface area contributed by atoms with E-state index in [9.17, 15) is 22.8 Å². The molecular formula is C23H19F3N2O4. The van der Waals surface area contributed by atoms with Crippen LogP contribution in [0.25, 0.3) is 0 Å². The minimum atomic E-state index is -4.85. The third kappa shape index (κ3) is 6.24. The second-order valence-corrected chi connectivity index (χ2v) is 6.58. The van der Waals surface area contributed by atoms with Crippen molar-refractivity contribution in [1.29, 1.82) is 0 Å². The number of hydrogen-bond donors (Lipinski definition) is 1. The lowest BCUT2D eigenvalue weighted by atomic mass is 10.1. The minimum Gasteiger partial charge on any atom is -0.497 e. The molecule has 3 aromatic carbocycles. The SMILES string of the molecule is COc1ccc(C(=O)N(CC(=O)Nc2cccc(OC(F)(F)F)c2)c2ccccc2)cc1. The quantitative estimate of drug-likeness (QED) is 0.564. The van der Waals surface area contributed by atoms with Gasteiger partial charge in [0.2, 0.25) is 5.91 Å². The molecule has 32 heavy (non-hydrogen) atoms. The lowest BCUT2D eigenvalue weighted by Gasteiger charge is -2.22. The van der Waals surface area contributed by atoms with Gasteiger partial charge in [-0.05, 0) is 48.5 Å².